The van der Waals surface area contributed by atoms with Gasteiger partial charge in [0.25, 0.3) is 0 Å². The predicted octanol–water partition coefficient (Wildman–Crippen LogP) is 2.34. The molecule has 0 aliphatic carbocycles. The molecule has 2 fully saturated rings. The quantitative estimate of drug-likeness (QED) is 0.122. The van der Waals surface area contributed by atoms with E-state index in [1.807, 2.05) is 40.7 Å². The number of piperidine rings is 1. The number of benzene rings is 2. The molecule has 2 aliphatic rings. The minimum absolute atomic E-state index is 0.0191. The molecule has 12 atom stereocenters. The van der Waals surface area contributed by atoms with E-state index in [4.69, 9.17) is 5.41 Å². The second-order valence-electron chi connectivity index (χ2n) is 26.0. The van der Waals surface area contributed by atoms with Crippen LogP contribution in [0.15, 0.2) is 60.7 Å². The highest BCUT2D eigenvalue weighted by molar-refractivity contribution is 6.00. The second-order valence-corrected chi connectivity index (χ2v) is 26.0. The van der Waals surface area contributed by atoms with Gasteiger partial charge in [-0.25, -0.2) is 0 Å². The van der Waals surface area contributed by atoms with E-state index in [1.54, 1.807) is 82.4 Å². The van der Waals surface area contributed by atoms with Gasteiger partial charge >= 0.3 is 0 Å². The molecule has 0 saturated carbocycles. The van der Waals surface area contributed by atoms with E-state index in [0.717, 1.165) is 11.3 Å². The maximum atomic E-state index is 15.4. The van der Waals surface area contributed by atoms with Crippen LogP contribution in [0.3, 0.4) is 0 Å². The van der Waals surface area contributed by atoms with Crippen LogP contribution >= 0.6 is 0 Å². The Morgan fingerprint density at radius 1 is 0.637 bits per heavy atom. The first kappa shape index (κ1) is 75.7. The molecule has 2 aromatic rings. The van der Waals surface area contributed by atoms with E-state index in [0.29, 0.717) is 49.8 Å². The van der Waals surface area contributed by atoms with Crippen molar-refractivity contribution in [3.05, 3.63) is 71.8 Å². The first-order chi connectivity index (χ1) is 42.8. The summed E-state index contributed by atoms with van der Waals surface area (Å²) in [4.78, 5) is 152. The van der Waals surface area contributed by atoms with E-state index >= 15 is 14.4 Å². The number of likely N-dealkylation sites (tertiary alicyclic amines) is 1. The molecular formula is C66H104N14O11. The maximum absolute atomic E-state index is 15.4. The molecule has 0 bridgehead atoms. The number of nitrogens with one attached hydrogen (secondary N) is 9. The Kier molecular flexibility index (Phi) is 29.2. The number of amidine groups is 2. The maximum Gasteiger partial charge on any atom is 0.246 e. The monoisotopic (exact) mass is 1270 g/mol. The molecule has 25 nitrogen and oxygen atoms in total. The van der Waals surface area contributed by atoms with E-state index in [1.165, 1.54) is 61.5 Å². The Hall–Kier alpha value is -7.80. The van der Waals surface area contributed by atoms with Crippen molar-refractivity contribution in [1.29, 1.82) is 10.8 Å². The van der Waals surface area contributed by atoms with Crippen molar-refractivity contribution < 1.29 is 53.1 Å². The van der Waals surface area contributed by atoms with E-state index < -0.39 is 150 Å². The summed E-state index contributed by atoms with van der Waals surface area (Å²) < 4.78 is 0. The molecule has 9 amide bonds. The number of aliphatic hydroxyl groups excluding tert-OH is 1. The summed E-state index contributed by atoms with van der Waals surface area (Å²) in [5.74, 6) is -8.18. The van der Waals surface area contributed by atoms with Crippen LogP contribution in [0, 0.1) is 34.5 Å². The Morgan fingerprint density at radius 3 is 1.70 bits per heavy atom. The van der Waals surface area contributed by atoms with Crippen LogP contribution in [-0.2, 0) is 60.8 Å². The minimum Gasteiger partial charge on any atom is -0.391 e. The molecule has 0 unspecified atom stereocenters. The van der Waals surface area contributed by atoms with Crippen molar-refractivity contribution in [2.45, 2.75) is 200 Å². The molecule has 2 saturated heterocycles. The Balaban J connectivity index is 1.90. The van der Waals surface area contributed by atoms with Crippen molar-refractivity contribution in [3.63, 3.8) is 0 Å². The van der Waals surface area contributed by atoms with Gasteiger partial charge < -0.3 is 61.5 Å². The molecule has 2 heterocycles. The second kappa shape index (κ2) is 35.1. The van der Waals surface area contributed by atoms with E-state index in [-0.39, 0.29) is 43.4 Å². The molecule has 0 radical (unpaired) electrons. The summed E-state index contributed by atoms with van der Waals surface area (Å²) in [6, 6.07) is 6.47. The normalized spacial score (nSPS) is 27.0. The van der Waals surface area contributed by atoms with Gasteiger partial charge in [-0.3, -0.25) is 64.1 Å². The minimum atomic E-state index is -1.87. The highest BCUT2D eigenvalue weighted by atomic mass is 16.3. The van der Waals surface area contributed by atoms with Crippen LogP contribution in [0.25, 0.3) is 0 Å². The largest absolute Gasteiger partial charge is 0.391 e. The molecule has 2 aliphatic heterocycles. The molecule has 0 spiro atoms. The molecule has 504 valence electrons. The highest BCUT2D eigenvalue weighted by Gasteiger charge is 2.43. The van der Waals surface area contributed by atoms with Gasteiger partial charge in [0.05, 0.1) is 25.1 Å². The number of likely N-dealkylation sites (N-methyl/N-ethyl adjacent to an activating group) is 4. The zero-order chi connectivity index (χ0) is 68.2. The predicted molar refractivity (Wildman–Crippen MR) is 348 cm³/mol. The van der Waals surface area contributed by atoms with Crippen molar-refractivity contribution in [2.75, 3.05) is 47.8 Å². The van der Waals surface area contributed by atoms with Crippen molar-refractivity contribution >= 4 is 71.1 Å². The van der Waals surface area contributed by atoms with Gasteiger partial charge in [-0.05, 0) is 87.7 Å². The first-order valence-corrected chi connectivity index (χ1v) is 32.0. The zero-order valence-electron chi connectivity index (χ0n) is 56.2. The van der Waals surface area contributed by atoms with Crippen LogP contribution < -0.4 is 37.2 Å². The van der Waals surface area contributed by atoms with Gasteiger partial charge in [-0.2, -0.15) is 0 Å². The molecule has 91 heavy (non-hydrogen) atoms. The lowest BCUT2D eigenvalue weighted by molar-refractivity contribution is -0.147. The SMILES string of the molecule is CC[C@H](C)[C@@H]1NC(=O)[C@H](Cc2ccccc2)N(C)C(=O)[C@H](Cc2ccccc2)NC(=O)[C@H](C(C)C)N(C)C(=N)[C@H](CC(C)C)N(C)C(=O)[C@H](CC(C)C)NC(=O)[C@H](C)NC(=O)C[C@@H](C(=O)N2CCCCC2)NC(=O)[C@H]([C@@H](C)O)NC(=N)CN[C@@](C)(C=O)N(C)C1=O. The van der Waals surface area contributed by atoms with Crippen LogP contribution in [0.2, 0.25) is 0 Å². The lowest BCUT2D eigenvalue weighted by Crippen LogP contribution is -2.66. The number of carbonyl (C=O) groups is 10. The Labute approximate surface area is 538 Å². The van der Waals surface area contributed by atoms with Gasteiger partial charge in [0.15, 0.2) is 6.29 Å². The summed E-state index contributed by atoms with van der Waals surface area (Å²) in [6.45, 7) is 19.0. The number of amides is 9. The van der Waals surface area contributed by atoms with Gasteiger partial charge in [0.1, 0.15) is 65.7 Å². The molecular weight excluding hydrogens is 1160 g/mol. The molecule has 25 heteroatoms. The van der Waals surface area contributed by atoms with E-state index in [9.17, 15) is 44.1 Å². The number of hydrogen-bond donors (Lipinski definition) is 10. The summed E-state index contributed by atoms with van der Waals surface area (Å²) >= 11 is 0. The molecule has 4 rings (SSSR count). The fourth-order valence-electron chi connectivity index (χ4n) is 11.4. The highest BCUT2D eigenvalue weighted by Crippen LogP contribution is 2.23. The first-order valence-electron chi connectivity index (χ1n) is 32.0. The average Bonchev–Trinajstić information content (AvgIpc) is 0.913. The van der Waals surface area contributed by atoms with Gasteiger partial charge in [0.2, 0.25) is 53.2 Å². The molecule has 2 aromatic carbocycles. The topological polar surface area (TPSA) is 339 Å². The number of rotatable bonds is 14. The number of nitrogens with zero attached hydrogens (tertiary/aromatic N) is 5. The number of aldehydes is 1. The lowest BCUT2D eigenvalue weighted by atomic mass is 9.95. The van der Waals surface area contributed by atoms with Crippen molar-refractivity contribution in [1.82, 2.24) is 61.7 Å². The fraction of sp³-hybridized carbons (Fsp3) is 0.636. The number of aliphatic hydroxyl groups is 1. The van der Waals surface area contributed by atoms with Crippen LogP contribution in [0.1, 0.15) is 132 Å². The third-order valence-electron chi connectivity index (χ3n) is 17.3. The standard InChI is InChI=1S/C66H104N14O11/c1-16-42(8)54-65(91)79(15)66(11,38-81)69-37-52(67)74-55(44(10)82)60(86)72-49(64(90)80-30-24-19-25-31-80)36-53(83)70-43(9)58(84)71-47(32-39(2)3)62(88)76(12)50(33-40(4)5)57(68)78(14)56(41(6)7)61(87)73-48(34-45-26-20-17-21-27-45)63(89)77(13)51(59(85)75-54)35-46-28-22-18-23-29-46/h17-18,20-23,26-29,38-44,47-51,54-56,68-69,82H,16,19,24-25,30-37H2,1-15H3,(H2,67,74)(H,70,83)(H,71,84)(H,72,86)(H,73,87)(H,75,85)/t42-,43-,44+,47-,48-,49-,50-,51-,54-,55-,56-,66+/m0/s1. The van der Waals surface area contributed by atoms with E-state index in [2.05, 4.69) is 37.2 Å². The summed E-state index contributed by atoms with van der Waals surface area (Å²) in [7, 11) is 5.90. The van der Waals surface area contributed by atoms with Crippen LogP contribution in [0.4, 0.5) is 0 Å². The molecule has 10 N–H and O–H groups in total. The summed E-state index contributed by atoms with van der Waals surface area (Å²) in [5.41, 5.74) is -0.520. The summed E-state index contributed by atoms with van der Waals surface area (Å²) in [5, 5.41) is 49.2. The van der Waals surface area contributed by atoms with Gasteiger partial charge in [0, 0.05) is 54.1 Å². The molecule has 0 aromatic heterocycles. The van der Waals surface area contributed by atoms with Crippen LogP contribution in [-0.4, -0.2) is 215 Å². The third-order valence-corrected chi connectivity index (χ3v) is 17.3. The number of hydrogen-bond acceptors (Lipinski definition) is 14. The Morgan fingerprint density at radius 2 is 1.18 bits per heavy atom. The van der Waals surface area contributed by atoms with Gasteiger partial charge in [-0.1, -0.05) is 122 Å². The van der Waals surface area contributed by atoms with Gasteiger partial charge in [-0.15, -0.1) is 0 Å². The van der Waals surface area contributed by atoms with Crippen LogP contribution in [0.5, 0.6) is 0 Å². The third kappa shape index (κ3) is 21.4. The summed E-state index contributed by atoms with van der Waals surface area (Å²) in [6.07, 6.45) is 1.22. The lowest BCUT2D eigenvalue weighted by Gasteiger charge is -2.40. The number of carbonyl (C=O) groups excluding carboxylic acids is 10. The Bertz CT molecular complexity index is 2830. The zero-order valence-corrected chi connectivity index (χ0v) is 56.2. The van der Waals surface area contributed by atoms with Crippen molar-refractivity contribution in [2.24, 2.45) is 23.7 Å². The fourth-order valence-corrected chi connectivity index (χ4v) is 11.4. The average molecular weight is 1270 g/mol. The van der Waals surface area contributed by atoms with Crippen molar-refractivity contribution in [3.8, 4) is 0 Å². The smallest absolute Gasteiger partial charge is 0.246 e.